The standard InChI is InChI=1S/C23H23N3O5S2/c1-2-31-19-12-14-21(15-13-19)33(29,30)26-18-10-8-17(9-11-18)23(28)25-24-22(27)16-32-20-6-4-3-5-7-20/h3-15,26H,2,16H2,1H3,(H,24,27)(H,25,28). The summed E-state index contributed by atoms with van der Waals surface area (Å²) < 4.78 is 32.9. The van der Waals surface area contributed by atoms with Crippen molar-refractivity contribution in [2.75, 3.05) is 17.1 Å². The SMILES string of the molecule is CCOc1ccc(S(=O)(=O)Nc2ccc(C(=O)NNC(=O)CSc3ccccc3)cc2)cc1. The molecular weight excluding hydrogens is 462 g/mol. The molecular formula is C23H23N3O5S2. The molecule has 0 aliphatic carbocycles. The van der Waals surface area contributed by atoms with Gasteiger partial charge in [-0.15, -0.1) is 11.8 Å². The normalized spacial score (nSPS) is 10.8. The van der Waals surface area contributed by atoms with E-state index in [0.717, 1.165) is 4.90 Å². The highest BCUT2D eigenvalue weighted by Crippen LogP contribution is 2.20. The molecule has 0 saturated carbocycles. The Morgan fingerprint density at radius 2 is 1.55 bits per heavy atom. The molecule has 0 unspecified atom stereocenters. The molecule has 10 heteroatoms. The smallest absolute Gasteiger partial charge is 0.269 e. The van der Waals surface area contributed by atoms with Gasteiger partial charge >= 0.3 is 0 Å². The third-order valence-corrected chi connectivity index (χ3v) is 6.68. The largest absolute Gasteiger partial charge is 0.494 e. The zero-order valence-electron chi connectivity index (χ0n) is 17.8. The fraction of sp³-hybridized carbons (Fsp3) is 0.130. The van der Waals surface area contributed by atoms with Crippen LogP contribution in [0.2, 0.25) is 0 Å². The van der Waals surface area contributed by atoms with Crippen molar-refractivity contribution in [3.05, 3.63) is 84.4 Å². The molecule has 3 rings (SSSR count). The minimum atomic E-state index is -3.79. The summed E-state index contributed by atoms with van der Waals surface area (Å²) in [5.41, 5.74) is 5.25. The van der Waals surface area contributed by atoms with E-state index in [-0.39, 0.29) is 22.1 Å². The first-order chi connectivity index (χ1) is 15.9. The Hall–Kier alpha value is -3.50. The molecule has 0 aliphatic heterocycles. The molecule has 0 atom stereocenters. The van der Waals surface area contributed by atoms with E-state index in [0.29, 0.717) is 18.0 Å². The number of benzene rings is 3. The minimum absolute atomic E-state index is 0.0869. The van der Waals surface area contributed by atoms with Crippen LogP contribution < -0.4 is 20.3 Å². The Morgan fingerprint density at radius 1 is 0.879 bits per heavy atom. The van der Waals surface area contributed by atoms with E-state index in [4.69, 9.17) is 4.74 Å². The molecule has 0 spiro atoms. The summed E-state index contributed by atoms with van der Waals surface area (Å²) in [5, 5.41) is 0. The Kier molecular flexibility index (Phi) is 8.34. The van der Waals surface area contributed by atoms with Gasteiger partial charge in [0.1, 0.15) is 5.75 Å². The van der Waals surface area contributed by atoms with Crippen LogP contribution in [0.5, 0.6) is 5.75 Å². The zero-order chi connectivity index (χ0) is 23.7. The molecule has 3 aromatic carbocycles. The van der Waals surface area contributed by atoms with Crippen molar-refractivity contribution < 1.29 is 22.7 Å². The van der Waals surface area contributed by atoms with Crippen molar-refractivity contribution in [1.29, 1.82) is 0 Å². The van der Waals surface area contributed by atoms with Crippen molar-refractivity contribution in [2.45, 2.75) is 16.7 Å². The number of carbonyl (C=O) groups is 2. The maximum atomic E-state index is 12.6. The van der Waals surface area contributed by atoms with Crippen LogP contribution in [0, 0.1) is 0 Å². The van der Waals surface area contributed by atoms with Crippen LogP contribution in [-0.4, -0.2) is 32.6 Å². The van der Waals surface area contributed by atoms with Crippen molar-refractivity contribution in [2.24, 2.45) is 0 Å². The molecule has 0 radical (unpaired) electrons. The van der Waals surface area contributed by atoms with Crippen LogP contribution in [0.1, 0.15) is 17.3 Å². The molecule has 8 nitrogen and oxygen atoms in total. The van der Waals surface area contributed by atoms with Crippen LogP contribution in [-0.2, 0) is 14.8 Å². The molecule has 0 bridgehead atoms. The van der Waals surface area contributed by atoms with E-state index in [9.17, 15) is 18.0 Å². The summed E-state index contributed by atoms with van der Waals surface area (Å²) in [6.07, 6.45) is 0. The second kappa shape index (κ2) is 11.4. The number of hydrogen-bond acceptors (Lipinski definition) is 6. The second-order valence-electron chi connectivity index (χ2n) is 6.69. The number of rotatable bonds is 9. The third-order valence-electron chi connectivity index (χ3n) is 4.27. The first-order valence-corrected chi connectivity index (χ1v) is 12.5. The summed E-state index contributed by atoms with van der Waals surface area (Å²) >= 11 is 1.35. The molecule has 3 aromatic rings. The number of nitrogens with one attached hydrogen (secondary N) is 3. The average Bonchev–Trinajstić information content (AvgIpc) is 2.82. The second-order valence-corrected chi connectivity index (χ2v) is 9.42. The first kappa shape index (κ1) is 24.1. The van der Waals surface area contributed by atoms with Gasteiger partial charge in [-0.2, -0.15) is 0 Å². The molecule has 2 amide bonds. The number of carbonyl (C=O) groups excluding carboxylic acids is 2. The van der Waals surface area contributed by atoms with Gasteiger partial charge in [0.05, 0.1) is 17.3 Å². The van der Waals surface area contributed by atoms with Crippen molar-refractivity contribution in [1.82, 2.24) is 10.9 Å². The predicted molar refractivity (Wildman–Crippen MR) is 128 cm³/mol. The van der Waals surface area contributed by atoms with Gasteiger partial charge in [0.2, 0.25) is 5.91 Å². The fourth-order valence-corrected chi connectivity index (χ4v) is 4.46. The Morgan fingerprint density at radius 3 is 2.18 bits per heavy atom. The average molecular weight is 486 g/mol. The fourth-order valence-electron chi connectivity index (χ4n) is 2.69. The van der Waals surface area contributed by atoms with E-state index < -0.39 is 15.9 Å². The lowest BCUT2D eigenvalue weighted by Crippen LogP contribution is -2.42. The van der Waals surface area contributed by atoms with Gasteiger partial charge in [-0.25, -0.2) is 8.42 Å². The zero-order valence-corrected chi connectivity index (χ0v) is 19.4. The van der Waals surface area contributed by atoms with E-state index in [2.05, 4.69) is 15.6 Å². The minimum Gasteiger partial charge on any atom is -0.494 e. The van der Waals surface area contributed by atoms with Crippen molar-refractivity contribution >= 4 is 39.3 Å². The molecule has 3 N–H and O–H groups in total. The van der Waals surface area contributed by atoms with Crippen molar-refractivity contribution in [3.63, 3.8) is 0 Å². The highest BCUT2D eigenvalue weighted by atomic mass is 32.2. The van der Waals surface area contributed by atoms with Crippen LogP contribution in [0.4, 0.5) is 5.69 Å². The molecule has 0 aliphatic rings. The predicted octanol–water partition coefficient (Wildman–Crippen LogP) is 3.44. The molecule has 33 heavy (non-hydrogen) atoms. The lowest BCUT2D eigenvalue weighted by molar-refractivity contribution is -0.119. The quantitative estimate of drug-likeness (QED) is 0.316. The van der Waals surface area contributed by atoms with E-state index in [1.54, 1.807) is 12.1 Å². The number of hydrazine groups is 1. The Bertz CT molecular complexity index is 1180. The number of thioether (sulfide) groups is 1. The van der Waals surface area contributed by atoms with Gasteiger partial charge in [-0.1, -0.05) is 18.2 Å². The van der Waals surface area contributed by atoms with Gasteiger partial charge in [0, 0.05) is 16.1 Å². The van der Waals surface area contributed by atoms with E-state index >= 15 is 0 Å². The topological polar surface area (TPSA) is 114 Å². The van der Waals surface area contributed by atoms with Gasteiger partial charge < -0.3 is 4.74 Å². The summed E-state index contributed by atoms with van der Waals surface area (Å²) in [6, 6.07) is 21.3. The molecule has 0 saturated heterocycles. The number of amides is 2. The highest BCUT2D eigenvalue weighted by molar-refractivity contribution is 8.00. The summed E-state index contributed by atoms with van der Waals surface area (Å²) in [7, 11) is -3.79. The van der Waals surface area contributed by atoms with Crippen LogP contribution in [0.3, 0.4) is 0 Å². The molecule has 0 aromatic heterocycles. The maximum Gasteiger partial charge on any atom is 0.269 e. The lowest BCUT2D eigenvalue weighted by Gasteiger charge is -2.10. The summed E-state index contributed by atoms with van der Waals surface area (Å²) in [5.74, 6) is -0.139. The van der Waals surface area contributed by atoms with Gasteiger partial charge in [-0.05, 0) is 67.6 Å². The summed E-state index contributed by atoms with van der Waals surface area (Å²) in [6.45, 7) is 2.33. The molecule has 172 valence electrons. The van der Waals surface area contributed by atoms with Crippen LogP contribution in [0.25, 0.3) is 0 Å². The number of sulfonamides is 1. The lowest BCUT2D eigenvalue weighted by atomic mass is 10.2. The molecule has 0 heterocycles. The Balaban J connectivity index is 1.51. The monoisotopic (exact) mass is 485 g/mol. The highest BCUT2D eigenvalue weighted by Gasteiger charge is 2.15. The van der Waals surface area contributed by atoms with E-state index in [1.165, 1.54) is 48.2 Å². The number of hydrogen-bond donors (Lipinski definition) is 3. The van der Waals surface area contributed by atoms with Gasteiger partial charge in [0.25, 0.3) is 15.9 Å². The third kappa shape index (κ3) is 7.26. The Labute approximate surface area is 196 Å². The number of ether oxygens (including phenoxy) is 1. The van der Waals surface area contributed by atoms with Crippen LogP contribution in [0.15, 0.2) is 88.7 Å². The van der Waals surface area contributed by atoms with Gasteiger partial charge in [0.15, 0.2) is 0 Å². The van der Waals surface area contributed by atoms with Crippen LogP contribution >= 0.6 is 11.8 Å². The first-order valence-electron chi connectivity index (χ1n) is 10.00. The van der Waals surface area contributed by atoms with Gasteiger partial charge in [-0.3, -0.25) is 25.2 Å². The van der Waals surface area contributed by atoms with Crippen molar-refractivity contribution in [3.8, 4) is 5.75 Å². The van der Waals surface area contributed by atoms with E-state index in [1.807, 2.05) is 37.3 Å². The maximum absolute atomic E-state index is 12.6. The number of anilines is 1. The molecule has 0 fully saturated rings. The summed E-state index contributed by atoms with van der Waals surface area (Å²) in [4.78, 5) is 25.2.